The number of ether oxygens (including phenoxy) is 2. The minimum Gasteiger partial charge on any atom is -0.462 e. The summed E-state index contributed by atoms with van der Waals surface area (Å²) in [5, 5.41) is 0.165. The molecule has 0 bridgehead atoms. The maximum Gasteiger partial charge on any atom is 0.303 e. The van der Waals surface area contributed by atoms with Gasteiger partial charge in [0.15, 0.2) is 8.32 Å². The molecule has 0 aliphatic heterocycles. The molecule has 6 heteroatoms. The standard InChI is InChI=1S/C21H36O5Si/c1-14(22)25-18-10-8-9-17-16(13-24-27(6,7)21(3,4)5)11-12-19(20(17)18)26-15(2)23/h11-12,16-20H,8-10,13H2,1-7H3/t16-,17-,18-,19-,20-/m0/s1. The van der Waals surface area contributed by atoms with E-state index in [1.807, 2.05) is 6.08 Å². The van der Waals surface area contributed by atoms with Crippen LogP contribution in [-0.2, 0) is 23.5 Å². The van der Waals surface area contributed by atoms with Crippen LogP contribution in [0.2, 0.25) is 18.1 Å². The third-order valence-electron chi connectivity index (χ3n) is 6.49. The SMILES string of the molecule is CC(=O)O[C@H]1C=C[C@@H](CO[Si](C)(C)C(C)(C)C)[C@@H]2CCC[C@H](OC(C)=O)[C@H]21. The van der Waals surface area contributed by atoms with Crippen molar-refractivity contribution in [2.24, 2.45) is 17.8 Å². The summed E-state index contributed by atoms with van der Waals surface area (Å²) >= 11 is 0. The average Bonchev–Trinajstić information content (AvgIpc) is 2.52. The van der Waals surface area contributed by atoms with Crippen molar-refractivity contribution in [3.8, 4) is 0 Å². The highest BCUT2D eigenvalue weighted by atomic mass is 28.4. The second-order valence-electron chi connectivity index (χ2n) is 9.51. The van der Waals surface area contributed by atoms with Crippen LogP contribution in [0.25, 0.3) is 0 Å². The van der Waals surface area contributed by atoms with Gasteiger partial charge in [0, 0.05) is 32.3 Å². The Kier molecular flexibility index (Phi) is 6.95. The molecule has 2 rings (SSSR count). The zero-order valence-corrected chi connectivity index (χ0v) is 18.9. The fraction of sp³-hybridized carbons (Fsp3) is 0.810. The van der Waals surface area contributed by atoms with Crippen LogP contribution in [0.5, 0.6) is 0 Å². The Hall–Kier alpha value is -1.14. The monoisotopic (exact) mass is 396 g/mol. The fourth-order valence-electron chi connectivity index (χ4n) is 4.05. The van der Waals surface area contributed by atoms with E-state index >= 15 is 0 Å². The minimum atomic E-state index is -1.84. The Morgan fingerprint density at radius 2 is 1.67 bits per heavy atom. The van der Waals surface area contributed by atoms with E-state index in [9.17, 15) is 9.59 Å². The molecule has 0 aromatic heterocycles. The molecule has 0 saturated heterocycles. The molecule has 27 heavy (non-hydrogen) atoms. The van der Waals surface area contributed by atoms with Crippen LogP contribution in [-0.4, -0.2) is 39.1 Å². The molecule has 0 aromatic rings. The summed E-state index contributed by atoms with van der Waals surface area (Å²) < 4.78 is 17.7. The summed E-state index contributed by atoms with van der Waals surface area (Å²) in [5.74, 6) is -0.0153. The van der Waals surface area contributed by atoms with E-state index in [0.717, 1.165) is 19.3 Å². The highest BCUT2D eigenvalue weighted by molar-refractivity contribution is 6.74. The Labute approximate surface area is 165 Å². The smallest absolute Gasteiger partial charge is 0.303 e. The molecule has 0 unspecified atom stereocenters. The topological polar surface area (TPSA) is 61.8 Å². The Balaban J connectivity index is 2.20. The molecule has 2 aliphatic carbocycles. The van der Waals surface area contributed by atoms with Crippen LogP contribution in [0.3, 0.4) is 0 Å². The van der Waals surface area contributed by atoms with Crippen molar-refractivity contribution >= 4 is 20.3 Å². The first kappa shape index (κ1) is 22.1. The zero-order valence-electron chi connectivity index (χ0n) is 17.9. The highest BCUT2D eigenvalue weighted by Crippen LogP contribution is 2.45. The van der Waals surface area contributed by atoms with Gasteiger partial charge in [-0.05, 0) is 49.4 Å². The molecule has 0 radical (unpaired) electrons. The lowest BCUT2D eigenvalue weighted by atomic mass is 9.66. The Morgan fingerprint density at radius 3 is 2.22 bits per heavy atom. The lowest BCUT2D eigenvalue weighted by molar-refractivity contribution is -0.165. The van der Waals surface area contributed by atoms with Crippen molar-refractivity contribution in [2.75, 3.05) is 6.61 Å². The van der Waals surface area contributed by atoms with E-state index in [1.54, 1.807) is 0 Å². The summed E-state index contributed by atoms with van der Waals surface area (Å²) in [6.07, 6.45) is 6.46. The molecule has 5 atom stereocenters. The van der Waals surface area contributed by atoms with E-state index in [0.29, 0.717) is 12.5 Å². The summed E-state index contributed by atoms with van der Waals surface area (Å²) in [6, 6.07) is 0. The van der Waals surface area contributed by atoms with Gasteiger partial charge in [0.25, 0.3) is 0 Å². The molecule has 0 amide bonds. The Bertz CT molecular complexity index is 578. The largest absolute Gasteiger partial charge is 0.462 e. The zero-order chi connectivity index (χ0) is 20.4. The van der Waals surface area contributed by atoms with Crippen molar-refractivity contribution in [1.29, 1.82) is 0 Å². The van der Waals surface area contributed by atoms with Crippen LogP contribution in [0, 0.1) is 17.8 Å². The molecular weight excluding hydrogens is 360 g/mol. The molecule has 1 fully saturated rings. The van der Waals surface area contributed by atoms with Gasteiger partial charge in [0.2, 0.25) is 0 Å². The first-order chi connectivity index (χ1) is 12.4. The van der Waals surface area contributed by atoms with Gasteiger partial charge in [-0.25, -0.2) is 0 Å². The molecule has 0 aromatic carbocycles. The second kappa shape index (κ2) is 8.48. The molecule has 1 saturated carbocycles. The maximum atomic E-state index is 11.6. The number of fused-ring (bicyclic) bond motifs is 1. The van der Waals surface area contributed by atoms with E-state index in [-0.39, 0.29) is 41.0 Å². The van der Waals surface area contributed by atoms with Gasteiger partial charge < -0.3 is 13.9 Å². The first-order valence-electron chi connectivity index (χ1n) is 10.1. The van der Waals surface area contributed by atoms with Crippen LogP contribution in [0.15, 0.2) is 12.2 Å². The number of rotatable bonds is 5. The van der Waals surface area contributed by atoms with Gasteiger partial charge >= 0.3 is 11.9 Å². The number of hydrogen-bond donors (Lipinski definition) is 0. The summed E-state index contributed by atoms with van der Waals surface area (Å²) in [5.41, 5.74) is 0. The van der Waals surface area contributed by atoms with Crippen molar-refractivity contribution in [1.82, 2.24) is 0 Å². The Morgan fingerprint density at radius 1 is 1.04 bits per heavy atom. The lowest BCUT2D eigenvalue weighted by Crippen LogP contribution is -2.50. The van der Waals surface area contributed by atoms with Crippen molar-refractivity contribution in [2.45, 2.75) is 84.2 Å². The highest BCUT2D eigenvalue weighted by Gasteiger charge is 2.47. The average molecular weight is 397 g/mol. The minimum absolute atomic E-state index is 0.00423. The second-order valence-corrected chi connectivity index (χ2v) is 14.3. The number of carbonyl (C=O) groups excluding carboxylic acids is 2. The van der Waals surface area contributed by atoms with Crippen LogP contribution in [0.4, 0.5) is 0 Å². The van der Waals surface area contributed by atoms with Gasteiger partial charge in [-0.1, -0.05) is 26.8 Å². The van der Waals surface area contributed by atoms with Gasteiger partial charge in [0.1, 0.15) is 12.2 Å². The fourth-order valence-corrected chi connectivity index (χ4v) is 5.10. The van der Waals surface area contributed by atoms with Crippen LogP contribution >= 0.6 is 0 Å². The van der Waals surface area contributed by atoms with Gasteiger partial charge in [0.05, 0.1) is 0 Å². The maximum absolute atomic E-state index is 11.6. The number of esters is 2. The lowest BCUT2D eigenvalue weighted by Gasteiger charge is -2.46. The predicted octanol–water partition coefficient (Wildman–Crippen LogP) is 4.47. The first-order valence-corrected chi connectivity index (χ1v) is 13.0. The van der Waals surface area contributed by atoms with Crippen molar-refractivity contribution in [3.63, 3.8) is 0 Å². The van der Waals surface area contributed by atoms with E-state index in [4.69, 9.17) is 13.9 Å². The normalized spacial score (nSPS) is 31.1. The molecule has 0 spiro atoms. The van der Waals surface area contributed by atoms with Crippen molar-refractivity contribution in [3.05, 3.63) is 12.2 Å². The number of carbonyl (C=O) groups is 2. The summed E-state index contributed by atoms with van der Waals surface area (Å²) in [7, 11) is -1.84. The summed E-state index contributed by atoms with van der Waals surface area (Å²) in [6.45, 7) is 14.8. The van der Waals surface area contributed by atoms with E-state index < -0.39 is 8.32 Å². The van der Waals surface area contributed by atoms with Crippen LogP contribution in [0.1, 0.15) is 53.9 Å². The number of hydrogen-bond acceptors (Lipinski definition) is 5. The third kappa shape index (κ3) is 5.44. The van der Waals surface area contributed by atoms with Crippen molar-refractivity contribution < 1.29 is 23.5 Å². The molecule has 0 heterocycles. The van der Waals surface area contributed by atoms with E-state index in [1.165, 1.54) is 13.8 Å². The third-order valence-corrected chi connectivity index (χ3v) is 11.0. The molecule has 0 N–H and O–H groups in total. The van der Waals surface area contributed by atoms with Gasteiger partial charge in [-0.2, -0.15) is 0 Å². The molecule has 5 nitrogen and oxygen atoms in total. The van der Waals surface area contributed by atoms with Gasteiger partial charge in [-0.15, -0.1) is 0 Å². The van der Waals surface area contributed by atoms with Gasteiger partial charge in [-0.3, -0.25) is 9.59 Å². The molecule has 154 valence electrons. The molecular formula is C21H36O5Si. The molecule has 2 aliphatic rings. The van der Waals surface area contributed by atoms with E-state index in [2.05, 4.69) is 39.9 Å². The quantitative estimate of drug-likeness (QED) is 0.390. The summed E-state index contributed by atoms with van der Waals surface area (Å²) in [4.78, 5) is 23.2. The predicted molar refractivity (Wildman–Crippen MR) is 108 cm³/mol. The van der Waals surface area contributed by atoms with Crippen LogP contribution < -0.4 is 0 Å².